The molecule has 1 unspecified atom stereocenters. The molecule has 0 aliphatic carbocycles. The lowest BCUT2D eigenvalue weighted by molar-refractivity contribution is -0.139. The van der Waals surface area contributed by atoms with E-state index in [4.69, 9.17) is 16.0 Å². The highest BCUT2D eigenvalue weighted by Crippen LogP contribution is 2.26. The second-order valence-corrected chi connectivity index (χ2v) is 7.14. The quantitative estimate of drug-likeness (QED) is 0.399. The fourth-order valence-electron chi connectivity index (χ4n) is 3.27. The van der Waals surface area contributed by atoms with Crippen LogP contribution in [0.2, 0.25) is 5.02 Å². The van der Waals surface area contributed by atoms with Crippen LogP contribution in [0.4, 0.5) is 4.39 Å². The molecule has 2 aromatic carbocycles. The normalized spacial score (nSPS) is 12.3. The van der Waals surface area contributed by atoms with Crippen LogP contribution in [0.25, 0.3) is 22.2 Å². The number of nitrogens with one attached hydrogen (secondary N) is 2. The average Bonchev–Trinajstić information content (AvgIpc) is 3.34. The molecule has 3 N–H and O–H groups in total. The summed E-state index contributed by atoms with van der Waals surface area (Å²) in [7, 11) is 0. The number of halogens is 2. The van der Waals surface area contributed by atoms with Crippen molar-refractivity contribution in [3.63, 3.8) is 0 Å². The van der Waals surface area contributed by atoms with Gasteiger partial charge in [-0.2, -0.15) is 0 Å². The summed E-state index contributed by atoms with van der Waals surface area (Å²) in [5.41, 5.74) is 2.55. The average molecular weight is 413 g/mol. The number of rotatable bonds is 7. The molecule has 4 aromatic rings. The number of para-hydroxylation sites is 1. The largest absolute Gasteiger partial charge is 0.480 e. The molecule has 2 heterocycles. The molecule has 1 atom stereocenters. The lowest BCUT2D eigenvalue weighted by atomic mass is 10.0. The van der Waals surface area contributed by atoms with E-state index in [2.05, 4.69) is 10.3 Å². The molecule has 0 aliphatic rings. The minimum absolute atomic E-state index is 0.0169. The van der Waals surface area contributed by atoms with Crippen LogP contribution in [0, 0.1) is 5.82 Å². The number of aromatic amines is 1. The predicted molar refractivity (Wildman–Crippen MR) is 109 cm³/mol. The molecule has 2 aromatic heterocycles. The van der Waals surface area contributed by atoms with Crippen molar-refractivity contribution in [3.05, 3.63) is 83.0 Å². The first kappa shape index (κ1) is 19.2. The zero-order chi connectivity index (χ0) is 20.4. The van der Waals surface area contributed by atoms with E-state index in [-0.39, 0.29) is 11.6 Å². The molecule has 148 valence electrons. The van der Waals surface area contributed by atoms with Crippen LogP contribution in [-0.4, -0.2) is 22.1 Å². The molecule has 0 saturated carbocycles. The minimum Gasteiger partial charge on any atom is -0.480 e. The highest BCUT2D eigenvalue weighted by molar-refractivity contribution is 6.31. The van der Waals surface area contributed by atoms with Gasteiger partial charge < -0.3 is 14.5 Å². The maximum absolute atomic E-state index is 13.3. The number of benzene rings is 2. The molecule has 0 fully saturated rings. The topological polar surface area (TPSA) is 78.3 Å². The maximum Gasteiger partial charge on any atom is 0.321 e. The van der Waals surface area contributed by atoms with E-state index in [9.17, 15) is 14.3 Å². The number of aliphatic carboxylic acids is 1. The van der Waals surface area contributed by atoms with E-state index in [0.29, 0.717) is 23.5 Å². The molecule has 0 bridgehead atoms. The third-order valence-corrected chi connectivity index (χ3v) is 5.08. The molecule has 0 radical (unpaired) electrons. The van der Waals surface area contributed by atoms with Crippen LogP contribution in [0.3, 0.4) is 0 Å². The van der Waals surface area contributed by atoms with Crippen molar-refractivity contribution >= 4 is 28.5 Å². The fourth-order valence-corrected chi connectivity index (χ4v) is 3.45. The molecular formula is C22H18ClFN2O3. The van der Waals surface area contributed by atoms with E-state index in [1.54, 1.807) is 18.2 Å². The molecule has 0 aliphatic heterocycles. The molecular weight excluding hydrogens is 395 g/mol. The standard InChI is InChI=1S/C22H18ClFN2O3/c23-17-9-13(5-7-18(17)24)21-8-6-15(29-21)12-26-20(22(27)28)10-14-11-25-19-4-2-1-3-16(14)19/h1-9,11,20,25-26H,10,12H2,(H,27,28). The number of carbonyl (C=O) groups is 1. The summed E-state index contributed by atoms with van der Waals surface area (Å²) < 4.78 is 19.1. The third kappa shape index (κ3) is 4.18. The van der Waals surface area contributed by atoms with Crippen LogP contribution >= 0.6 is 11.6 Å². The Balaban J connectivity index is 1.45. The molecule has 0 amide bonds. The number of H-pyrrole nitrogens is 1. The van der Waals surface area contributed by atoms with Crippen LogP contribution in [-0.2, 0) is 17.8 Å². The fraction of sp³-hybridized carbons (Fsp3) is 0.136. The van der Waals surface area contributed by atoms with Crippen molar-refractivity contribution in [2.75, 3.05) is 0 Å². The predicted octanol–water partition coefficient (Wildman–Crippen LogP) is 5.01. The van der Waals surface area contributed by atoms with Gasteiger partial charge in [-0.05, 0) is 42.0 Å². The van der Waals surface area contributed by atoms with Crippen molar-refractivity contribution < 1.29 is 18.7 Å². The van der Waals surface area contributed by atoms with Crippen LogP contribution in [0.5, 0.6) is 0 Å². The summed E-state index contributed by atoms with van der Waals surface area (Å²) in [6.45, 7) is 0.244. The Hall–Kier alpha value is -3.09. The number of fused-ring (bicyclic) bond motifs is 1. The van der Waals surface area contributed by atoms with Crippen LogP contribution in [0.1, 0.15) is 11.3 Å². The Kier molecular flexibility index (Phi) is 5.38. The molecule has 4 rings (SSSR count). The van der Waals surface area contributed by atoms with Crippen LogP contribution < -0.4 is 5.32 Å². The first-order valence-electron chi connectivity index (χ1n) is 9.06. The molecule has 7 heteroatoms. The van der Waals surface area contributed by atoms with E-state index < -0.39 is 17.8 Å². The summed E-state index contributed by atoms with van der Waals surface area (Å²) >= 11 is 5.82. The van der Waals surface area contributed by atoms with Gasteiger partial charge in [0, 0.05) is 29.1 Å². The van der Waals surface area contributed by atoms with Crippen molar-refractivity contribution in [1.29, 1.82) is 0 Å². The van der Waals surface area contributed by atoms with E-state index in [1.807, 2.05) is 30.5 Å². The Labute approximate surface area is 171 Å². The summed E-state index contributed by atoms with van der Waals surface area (Å²) in [4.78, 5) is 14.9. The first-order chi connectivity index (χ1) is 14.0. The summed E-state index contributed by atoms with van der Waals surface area (Å²) in [6, 6.07) is 14.8. The zero-order valence-corrected chi connectivity index (χ0v) is 16.0. The van der Waals surface area contributed by atoms with Gasteiger partial charge in [-0.3, -0.25) is 10.1 Å². The number of hydrogen-bond acceptors (Lipinski definition) is 3. The Morgan fingerprint density at radius 2 is 2.03 bits per heavy atom. The van der Waals surface area contributed by atoms with E-state index in [0.717, 1.165) is 16.5 Å². The van der Waals surface area contributed by atoms with Crippen LogP contribution in [0.15, 0.2) is 65.2 Å². The second kappa shape index (κ2) is 8.11. The number of aromatic nitrogens is 1. The smallest absolute Gasteiger partial charge is 0.321 e. The van der Waals surface area contributed by atoms with Gasteiger partial charge in [0.1, 0.15) is 23.4 Å². The molecule has 5 nitrogen and oxygen atoms in total. The zero-order valence-electron chi connectivity index (χ0n) is 15.3. The van der Waals surface area contributed by atoms with Gasteiger partial charge >= 0.3 is 5.97 Å². The van der Waals surface area contributed by atoms with Gasteiger partial charge in [-0.25, -0.2) is 4.39 Å². The Morgan fingerprint density at radius 3 is 2.83 bits per heavy atom. The number of hydrogen-bond donors (Lipinski definition) is 3. The molecule has 29 heavy (non-hydrogen) atoms. The van der Waals surface area contributed by atoms with E-state index >= 15 is 0 Å². The summed E-state index contributed by atoms with van der Waals surface area (Å²) in [5, 5.41) is 13.7. The Bertz CT molecular complexity index is 1170. The van der Waals surface area contributed by atoms with Crippen molar-refractivity contribution in [2.24, 2.45) is 0 Å². The molecule has 0 spiro atoms. The number of carboxylic acids is 1. The summed E-state index contributed by atoms with van der Waals surface area (Å²) in [6.07, 6.45) is 2.17. The highest BCUT2D eigenvalue weighted by Gasteiger charge is 2.20. The number of carboxylic acid groups (broad SMARTS) is 1. The summed E-state index contributed by atoms with van der Waals surface area (Å²) in [5.74, 6) is -0.323. The van der Waals surface area contributed by atoms with Crippen molar-refractivity contribution in [3.8, 4) is 11.3 Å². The van der Waals surface area contributed by atoms with Gasteiger partial charge in [0.15, 0.2) is 0 Å². The van der Waals surface area contributed by atoms with Gasteiger partial charge in [-0.1, -0.05) is 29.8 Å². The van der Waals surface area contributed by atoms with E-state index in [1.165, 1.54) is 12.1 Å². The van der Waals surface area contributed by atoms with Gasteiger partial charge in [0.2, 0.25) is 0 Å². The first-order valence-corrected chi connectivity index (χ1v) is 9.44. The minimum atomic E-state index is -0.938. The SMILES string of the molecule is O=C(O)C(Cc1c[nH]c2ccccc12)NCc1ccc(-c2ccc(F)c(Cl)c2)o1. The van der Waals surface area contributed by atoms with Gasteiger partial charge in [-0.15, -0.1) is 0 Å². The highest BCUT2D eigenvalue weighted by atomic mass is 35.5. The third-order valence-electron chi connectivity index (χ3n) is 4.79. The lowest BCUT2D eigenvalue weighted by Gasteiger charge is -2.13. The molecule has 0 saturated heterocycles. The maximum atomic E-state index is 13.3. The second-order valence-electron chi connectivity index (χ2n) is 6.73. The van der Waals surface area contributed by atoms with Gasteiger partial charge in [0.25, 0.3) is 0 Å². The lowest BCUT2D eigenvalue weighted by Crippen LogP contribution is -2.37. The Morgan fingerprint density at radius 1 is 1.21 bits per heavy atom. The van der Waals surface area contributed by atoms with Crippen molar-refractivity contribution in [1.82, 2.24) is 10.3 Å². The monoisotopic (exact) mass is 412 g/mol. The number of furan rings is 1. The van der Waals surface area contributed by atoms with Gasteiger partial charge in [0.05, 0.1) is 11.6 Å². The van der Waals surface area contributed by atoms with Crippen molar-refractivity contribution in [2.45, 2.75) is 19.0 Å².